The van der Waals surface area contributed by atoms with Crippen LogP contribution in [0.15, 0.2) is 11.1 Å². The van der Waals surface area contributed by atoms with Crippen LogP contribution < -0.4 is 0 Å². The second-order valence-electron chi connectivity index (χ2n) is 2.84. The Bertz CT molecular complexity index is 328. The van der Waals surface area contributed by atoms with Crippen molar-refractivity contribution in [3.05, 3.63) is 11.1 Å². The van der Waals surface area contributed by atoms with E-state index >= 15 is 0 Å². The number of hydrogen-bond acceptors (Lipinski definition) is 6. The number of carbonyl (C=O) groups is 3. The molecule has 0 radical (unpaired) electrons. The molecule has 0 unspecified atom stereocenters. The highest BCUT2D eigenvalue weighted by Crippen LogP contribution is 2.13. The van der Waals surface area contributed by atoms with Crippen LogP contribution >= 0.6 is 0 Å². The van der Waals surface area contributed by atoms with Gasteiger partial charge in [-0.25, -0.2) is 9.59 Å². The Morgan fingerprint density at radius 3 is 1.75 bits per heavy atom. The maximum Gasteiger partial charge on any atom is 0.334 e. The lowest BCUT2D eigenvalue weighted by molar-refractivity contribution is -0.143. The SMILES string of the molecule is COC(=O)C/C(C(=O)OC)=C(/C)C(=O)OC. The van der Waals surface area contributed by atoms with Gasteiger partial charge in [0.1, 0.15) is 0 Å². The molecule has 0 heterocycles. The molecule has 90 valence electrons. The van der Waals surface area contributed by atoms with Gasteiger partial charge in [-0.3, -0.25) is 4.79 Å². The van der Waals surface area contributed by atoms with E-state index in [1.807, 2.05) is 0 Å². The fourth-order valence-corrected chi connectivity index (χ4v) is 0.974. The van der Waals surface area contributed by atoms with E-state index in [0.29, 0.717) is 0 Å². The smallest absolute Gasteiger partial charge is 0.334 e. The van der Waals surface area contributed by atoms with Crippen LogP contribution in [0, 0.1) is 0 Å². The molecule has 16 heavy (non-hydrogen) atoms. The van der Waals surface area contributed by atoms with Gasteiger partial charge in [-0.05, 0) is 6.92 Å². The minimum absolute atomic E-state index is 0.0275. The Morgan fingerprint density at radius 2 is 1.38 bits per heavy atom. The van der Waals surface area contributed by atoms with Gasteiger partial charge >= 0.3 is 17.9 Å². The third-order valence-electron chi connectivity index (χ3n) is 1.92. The van der Waals surface area contributed by atoms with Crippen LogP contribution in [-0.2, 0) is 28.6 Å². The molecule has 0 saturated carbocycles. The van der Waals surface area contributed by atoms with Crippen molar-refractivity contribution in [3.63, 3.8) is 0 Å². The fraction of sp³-hybridized carbons (Fsp3) is 0.500. The summed E-state index contributed by atoms with van der Waals surface area (Å²) in [6.45, 7) is 1.38. The second kappa shape index (κ2) is 6.60. The third-order valence-corrected chi connectivity index (χ3v) is 1.92. The molecule has 0 rings (SSSR count). The molecule has 0 spiro atoms. The summed E-state index contributed by atoms with van der Waals surface area (Å²) in [7, 11) is 3.52. The van der Waals surface area contributed by atoms with E-state index in [2.05, 4.69) is 14.2 Å². The summed E-state index contributed by atoms with van der Waals surface area (Å²) in [5.74, 6) is -2.08. The summed E-state index contributed by atoms with van der Waals surface area (Å²) in [5, 5.41) is 0. The zero-order valence-corrected chi connectivity index (χ0v) is 9.66. The first kappa shape index (κ1) is 14.2. The van der Waals surface area contributed by atoms with Gasteiger partial charge in [0.05, 0.1) is 33.3 Å². The lowest BCUT2D eigenvalue weighted by Crippen LogP contribution is -2.16. The normalized spacial score (nSPS) is 11.2. The third kappa shape index (κ3) is 3.72. The average molecular weight is 230 g/mol. The standard InChI is InChI=1S/C10H14O6/c1-6(9(12)15-3)7(10(13)16-4)5-8(11)14-2/h5H2,1-4H3/b7-6+. The zero-order valence-electron chi connectivity index (χ0n) is 9.66. The number of ether oxygens (including phenoxy) is 3. The van der Waals surface area contributed by atoms with Crippen molar-refractivity contribution >= 4 is 17.9 Å². The minimum atomic E-state index is -0.756. The molecule has 0 N–H and O–H groups in total. The highest BCUT2D eigenvalue weighted by Gasteiger charge is 2.21. The van der Waals surface area contributed by atoms with Gasteiger partial charge in [0.2, 0.25) is 0 Å². The molecule has 0 fully saturated rings. The molecule has 6 nitrogen and oxygen atoms in total. The van der Waals surface area contributed by atoms with Crippen LogP contribution in [0.4, 0.5) is 0 Å². The van der Waals surface area contributed by atoms with Crippen LogP contribution in [0.5, 0.6) is 0 Å². The van der Waals surface area contributed by atoms with E-state index in [1.165, 1.54) is 21.1 Å². The largest absolute Gasteiger partial charge is 0.469 e. The summed E-state index contributed by atoms with van der Waals surface area (Å²) in [6.07, 6.45) is -0.329. The summed E-state index contributed by atoms with van der Waals surface area (Å²) >= 11 is 0. The van der Waals surface area contributed by atoms with Crippen LogP contribution in [0.25, 0.3) is 0 Å². The van der Waals surface area contributed by atoms with Gasteiger partial charge in [-0.1, -0.05) is 0 Å². The summed E-state index contributed by atoms with van der Waals surface area (Å²) < 4.78 is 13.3. The molecular weight excluding hydrogens is 216 g/mol. The van der Waals surface area contributed by atoms with E-state index in [0.717, 1.165) is 7.11 Å². The Labute approximate surface area is 93.2 Å². The van der Waals surface area contributed by atoms with Gasteiger partial charge < -0.3 is 14.2 Å². The number of carbonyl (C=O) groups excluding carboxylic acids is 3. The van der Waals surface area contributed by atoms with E-state index in [1.54, 1.807) is 0 Å². The molecule has 0 aliphatic rings. The molecule has 0 aliphatic carbocycles. The van der Waals surface area contributed by atoms with Crippen LogP contribution in [0.2, 0.25) is 0 Å². The molecule has 0 aromatic carbocycles. The van der Waals surface area contributed by atoms with Gasteiger partial charge in [-0.2, -0.15) is 0 Å². The predicted octanol–water partition coefficient (Wildman–Crippen LogP) is 0.212. The van der Waals surface area contributed by atoms with Crippen molar-refractivity contribution in [2.45, 2.75) is 13.3 Å². The first-order chi connectivity index (χ1) is 7.47. The first-order valence-electron chi connectivity index (χ1n) is 4.41. The monoisotopic (exact) mass is 230 g/mol. The summed E-state index contributed by atoms with van der Waals surface area (Å²) in [4.78, 5) is 33.6. The lowest BCUT2D eigenvalue weighted by Gasteiger charge is -2.07. The van der Waals surface area contributed by atoms with Crippen molar-refractivity contribution in [1.82, 2.24) is 0 Å². The van der Waals surface area contributed by atoms with E-state index in [9.17, 15) is 14.4 Å². The summed E-state index contributed by atoms with van der Waals surface area (Å²) in [5.41, 5.74) is -0.0408. The van der Waals surface area contributed by atoms with Gasteiger partial charge in [-0.15, -0.1) is 0 Å². The molecule has 6 heteroatoms. The van der Waals surface area contributed by atoms with Crippen LogP contribution in [0.3, 0.4) is 0 Å². The maximum absolute atomic E-state index is 11.3. The Morgan fingerprint density at radius 1 is 0.875 bits per heavy atom. The number of hydrogen-bond donors (Lipinski definition) is 0. The number of rotatable bonds is 4. The summed E-state index contributed by atoms with van der Waals surface area (Å²) in [6, 6.07) is 0. The van der Waals surface area contributed by atoms with E-state index in [-0.39, 0.29) is 17.6 Å². The van der Waals surface area contributed by atoms with Crippen molar-refractivity contribution in [3.8, 4) is 0 Å². The average Bonchev–Trinajstić information content (AvgIpc) is 2.32. The van der Waals surface area contributed by atoms with Gasteiger partial charge in [0.15, 0.2) is 0 Å². The predicted molar refractivity (Wildman–Crippen MR) is 53.4 cm³/mol. The zero-order chi connectivity index (χ0) is 12.7. The Kier molecular flexibility index (Phi) is 5.84. The molecule has 0 atom stereocenters. The minimum Gasteiger partial charge on any atom is -0.469 e. The van der Waals surface area contributed by atoms with Crippen molar-refractivity contribution < 1.29 is 28.6 Å². The lowest BCUT2D eigenvalue weighted by atomic mass is 10.1. The quantitative estimate of drug-likeness (QED) is 0.390. The van der Waals surface area contributed by atoms with Crippen molar-refractivity contribution in [1.29, 1.82) is 0 Å². The first-order valence-corrected chi connectivity index (χ1v) is 4.41. The number of esters is 3. The Balaban J connectivity index is 5.14. The van der Waals surface area contributed by atoms with Crippen LogP contribution in [-0.4, -0.2) is 39.2 Å². The highest BCUT2D eigenvalue weighted by atomic mass is 16.5. The van der Waals surface area contributed by atoms with Crippen LogP contribution in [0.1, 0.15) is 13.3 Å². The molecule has 0 bridgehead atoms. The van der Waals surface area contributed by atoms with E-state index in [4.69, 9.17) is 0 Å². The maximum atomic E-state index is 11.3. The van der Waals surface area contributed by atoms with Gasteiger partial charge in [0, 0.05) is 5.57 Å². The molecule has 0 saturated heterocycles. The Hall–Kier alpha value is -1.85. The number of methoxy groups -OCH3 is 3. The van der Waals surface area contributed by atoms with Crippen molar-refractivity contribution in [2.75, 3.05) is 21.3 Å². The topological polar surface area (TPSA) is 78.9 Å². The molecule has 0 aliphatic heterocycles. The fourth-order valence-electron chi connectivity index (χ4n) is 0.974. The molecule has 0 aromatic heterocycles. The van der Waals surface area contributed by atoms with Crippen molar-refractivity contribution in [2.24, 2.45) is 0 Å². The van der Waals surface area contributed by atoms with E-state index < -0.39 is 17.9 Å². The van der Waals surface area contributed by atoms with Gasteiger partial charge in [0.25, 0.3) is 0 Å². The molecule has 0 aromatic rings. The molecular formula is C10H14O6. The second-order valence-corrected chi connectivity index (χ2v) is 2.84. The molecule has 0 amide bonds. The highest BCUT2D eigenvalue weighted by molar-refractivity contribution is 6.02.